The maximum atomic E-state index is 12.1. The van der Waals surface area contributed by atoms with Crippen LogP contribution < -0.4 is 0 Å². The lowest BCUT2D eigenvalue weighted by Crippen LogP contribution is -2.47. The predicted octanol–water partition coefficient (Wildman–Crippen LogP) is 0.110. The van der Waals surface area contributed by atoms with Gasteiger partial charge in [-0.1, -0.05) is 0 Å². The molecule has 0 aromatic heterocycles. The van der Waals surface area contributed by atoms with Gasteiger partial charge in [-0.05, 0) is 27.7 Å². The third-order valence-corrected chi connectivity index (χ3v) is 3.31. The van der Waals surface area contributed by atoms with Crippen LogP contribution in [0.5, 0.6) is 0 Å². The van der Waals surface area contributed by atoms with Crippen LogP contribution in [-0.4, -0.2) is 83.4 Å². The summed E-state index contributed by atoms with van der Waals surface area (Å²) >= 11 is 0. The van der Waals surface area contributed by atoms with E-state index in [4.69, 9.17) is 5.11 Å². The summed E-state index contributed by atoms with van der Waals surface area (Å²) in [5.74, 6) is -1.36. The predicted molar refractivity (Wildman–Crippen MR) is 79.9 cm³/mol. The molecule has 0 radical (unpaired) electrons. The summed E-state index contributed by atoms with van der Waals surface area (Å²) in [4.78, 5) is 39.6. The van der Waals surface area contributed by atoms with Gasteiger partial charge in [0.1, 0.15) is 0 Å². The number of likely N-dealkylation sites (N-methyl/N-ethyl adjacent to an activating group) is 2. The summed E-state index contributed by atoms with van der Waals surface area (Å²) in [6.07, 6.45) is 0. The molecule has 0 bridgehead atoms. The van der Waals surface area contributed by atoms with Crippen molar-refractivity contribution in [3.63, 3.8) is 0 Å². The molecule has 0 fully saturated rings. The monoisotopic (exact) mass is 301 g/mol. The molecule has 2 amide bonds. The van der Waals surface area contributed by atoms with E-state index in [1.165, 1.54) is 4.90 Å². The van der Waals surface area contributed by atoms with Gasteiger partial charge in [-0.3, -0.25) is 19.3 Å². The molecule has 7 heteroatoms. The summed E-state index contributed by atoms with van der Waals surface area (Å²) in [6, 6.07) is 0. The van der Waals surface area contributed by atoms with Crippen LogP contribution in [0.15, 0.2) is 0 Å². The molecule has 0 saturated heterocycles. The van der Waals surface area contributed by atoms with E-state index >= 15 is 0 Å². The van der Waals surface area contributed by atoms with Crippen LogP contribution in [0.1, 0.15) is 27.7 Å². The zero-order valence-electron chi connectivity index (χ0n) is 13.5. The largest absolute Gasteiger partial charge is 0.480 e. The lowest BCUT2D eigenvalue weighted by molar-refractivity contribution is -0.141. The van der Waals surface area contributed by atoms with E-state index in [2.05, 4.69) is 0 Å². The number of carbonyl (C=O) groups excluding carboxylic acids is 2. The van der Waals surface area contributed by atoms with Crippen molar-refractivity contribution in [2.75, 3.05) is 45.8 Å². The van der Waals surface area contributed by atoms with Crippen LogP contribution in [0.2, 0.25) is 0 Å². The Kier molecular flexibility index (Phi) is 9.36. The highest BCUT2D eigenvalue weighted by molar-refractivity contribution is 5.82. The summed E-state index contributed by atoms with van der Waals surface area (Å²) < 4.78 is 0. The van der Waals surface area contributed by atoms with Crippen molar-refractivity contribution in [2.24, 2.45) is 0 Å². The van der Waals surface area contributed by atoms with Gasteiger partial charge in [-0.15, -0.1) is 0 Å². The Labute approximate surface area is 126 Å². The highest BCUT2D eigenvalue weighted by Gasteiger charge is 2.21. The molecule has 0 heterocycles. The molecule has 0 aromatic carbocycles. The number of nitrogens with zero attached hydrogens (tertiary/aromatic N) is 3. The van der Waals surface area contributed by atoms with Gasteiger partial charge in [0, 0.05) is 26.2 Å². The molecule has 0 atom stereocenters. The van der Waals surface area contributed by atoms with E-state index in [9.17, 15) is 14.4 Å². The van der Waals surface area contributed by atoms with E-state index < -0.39 is 5.97 Å². The summed E-state index contributed by atoms with van der Waals surface area (Å²) in [5, 5.41) is 8.92. The molecular formula is C14H27N3O4. The van der Waals surface area contributed by atoms with Crippen LogP contribution >= 0.6 is 0 Å². The fourth-order valence-electron chi connectivity index (χ4n) is 2.09. The molecule has 0 aromatic rings. The number of amides is 2. The molecule has 7 nitrogen and oxygen atoms in total. The second kappa shape index (κ2) is 10.1. The smallest absolute Gasteiger partial charge is 0.317 e. The number of carboxylic acid groups (broad SMARTS) is 1. The van der Waals surface area contributed by atoms with Crippen LogP contribution in [-0.2, 0) is 14.4 Å². The van der Waals surface area contributed by atoms with Gasteiger partial charge >= 0.3 is 5.97 Å². The van der Waals surface area contributed by atoms with Crippen LogP contribution in [0.25, 0.3) is 0 Å². The van der Waals surface area contributed by atoms with E-state index in [1.54, 1.807) is 9.80 Å². The number of aliphatic carboxylic acids is 1. The van der Waals surface area contributed by atoms with Crippen molar-refractivity contribution < 1.29 is 19.5 Å². The van der Waals surface area contributed by atoms with Gasteiger partial charge in [0.15, 0.2) is 0 Å². The Morgan fingerprint density at radius 1 is 0.714 bits per heavy atom. The molecule has 1 N–H and O–H groups in total. The lowest BCUT2D eigenvalue weighted by Gasteiger charge is -2.26. The average molecular weight is 301 g/mol. The lowest BCUT2D eigenvalue weighted by atomic mass is 10.3. The fraction of sp³-hybridized carbons (Fsp3) is 0.786. The Morgan fingerprint density at radius 2 is 1.05 bits per heavy atom. The SMILES string of the molecule is CCN(CC)C(=O)CN(CC(=O)O)CC(=O)N(CC)CC. The van der Waals surface area contributed by atoms with Gasteiger partial charge in [0.05, 0.1) is 19.6 Å². The van der Waals surface area contributed by atoms with Gasteiger partial charge in [0.25, 0.3) is 0 Å². The Bertz CT molecular complexity index is 326. The highest BCUT2D eigenvalue weighted by Crippen LogP contribution is 1.98. The Hall–Kier alpha value is -1.63. The Morgan fingerprint density at radius 3 is 1.29 bits per heavy atom. The van der Waals surface area contributed by atoms with Gasteiger partial charge in [-0.2, -0.15) is 0 Å². The molecule has 0 spiro atoms. The molecule has 0 saturated carbocycles. The van der Waals surface area contributed by atoms with Crippen molar-refractivity contribution in [2.45, 2.75) is 27.7 Å². The van der Waals surface area contributed by atoms with Crippen molar-refractivity contribution in [3.8, 4) is 0 Å². The van der Waals surface area contributed by atoms with Gasteiger partial charge < -0.3 is 14.9 Å². The summed E-state index contributed by atoms with van der Waals surface area (Å²) in [5.41, 5.74) is 0. The molecule has 0 unspecified atom stereocenters. The number of rotatable bonds is 10. The maximum Gasteiger partial charge on any atom is 0.317 e. The third-order valence-electron chi connectivity index (χ3n) is 3.31. The first kappa shape index (κ1) is 19.4. The summed E-state index contributed by atoms with van der Waals surface area (Å²) in [6.45, 7) is 9.31. The molecular weight excluding hydrogens is 274 g/mol. The van der Waals surface area contributed by atoms with Crippen molar-refractivity contribution >= 4 is 17.8 Å². The number of hydrogen-bond donors (Lipinski definition) is 1. The minimum atomic E-state index is -1.05. The fourth-order valence-corrected chi connectivity index (χ4v) is 2.09. The van der Waals surface area contributed by atoms with Gasteiger partial charge in [0.2, 0.25) is 11.8 Å². The molecule has 0 aliphatic carbocycles. The topological polar surface area (TPSA) is 81.2 Å². The zero-order chi connectivity index (χ0) is 16.4. The maximum absolute atomic E-state index is 12.1. The van der Waals surface area contributed by atoms with E-state index in [0.717, 1.165) is 0 Å². The van der Waals surface area contributed by atoms with E-state index in [0.29, 0.717) is 26.2 Å². The Balaban J connectivity index is 4.76. The van der Waals surface area contributed by atoms with Crippen LogP contribution in [0, 0.1) is 0 Å². The zero-order valence-corrected chi connectivity index (χ0v) is 13.5. The second-order valence-electron chi connectivity index (χ2n) is 4.67. The van der Waals surface area contributed by atoms with Crippen molar-refractivity contribution in [1.82, 2.24) is 14.7 Å². The number of carboxylic acids is 1. The molecule has 0 aliphatic heterocycles. The molecule has 21 heavy (non-hydrogen) atoms. The first-order valence-corrected chi connectivity index (χ1v) is 7.39. The standard InChI is InChI=1S/C14H27N3O4/c1-5-16(6-2)12(18)9-15(11-14(20)21)10-13(19)17(7-3)8-4/h5-11H2,1-4H3,(H,20,21). The van der Waals surface area contributed by atoms with Gasteiger partial charge in [-0.25, -0.2) is 0 Å². The minimum Gasteiger partial charge on any atom is -0.480 e. The molecule has 0 rings (SSSR count). The third kappa shape index (κ3) is 7.08. The quantitative estimate of drug-likeness (QED) is 0.619. The number of hydrogen-bond acceptors (Lipinski definition) is 4. The molecule has 122 valence electrons. The minimum absolute atomic E-state index is 0.0546. The average Bonchev–Trinajstić information content (AvgIpc) is 2.40. The van der Waals surface area contributed by atoms with Crippen molar-refractivity contribution in [3.05, 3.63) is 0 Å². The number of carbonyl (C=O) groups is 3. The van der Waals surface area contributed by atoms with Crippen LogP contribution in [0.4, 0.5) is 0 Å². The van der Waals surface area contributed by atoms with E-state index in [1.807, 2.05) is 27.7 Å². The summed E-state index contributed by atoms with van der Waals surface area (Å²) in [7, 11) is 0. The second-order valence-corrected chi connectivity index (χ2v) is 4.67. The first-order valence-electron chi connectivity index (χ1n) is 7.39. The highest BCUT2D eigenvalue weighted by atomic mass is 16.4. The normalized spacial score (nSPS) is 10.5. The van der Waals surface area contributed by atoms with Crippen molar-refractivity contribution in [1.29, 1.82) is 0 Å². The van der Waals surface area contributed by atoms with E-state index in [-0.39, 0.29) is 31.4 Å². The molecule has 0 aliphatic rings. The van der Waals surface area contributed by atoms with Crippen LogP contribution in [0.3, 0.4) is 0 Å². The first-order chi connectivity index (χ1) is 9.89.